The van der Waals surface area contributed by atoms with Gasteiger partial charge in [0.25, 0.3) is 11.8 Å². The van der Waals surface area contributed by atoms with Crippen LogP contribution in [0.2, 0.25) is 0 Å². The monoisotopic (exact) mass is 658 g/mol. The number of halogens is 4. The molecular formula is C30H30BrF3N6O3. The molecule has 2 heterocycles. The van der Waals surface area contributed by atoms with Gasteiger partial charge in [0.05, 0.1) is 34.7 Å². The van der Waals surface area contributed by atoms with Crippen LogP contribution in [0.5, 0.6) is 0 Å². The van der Waals surface area contributed by atoms with Crippen molar-refractivity contribution in [2.45, 2.75) is 45.6 Å². The average Bonchev–Trinajstić information content (AvgIpc) is 3.78. The normalized spacial score (nSPS) is 14.1. The second-order valence-electron chi connectivity index (χ2n) is 10.6. The molecule has 0 spiro atoms. The Hall–Kier alpha value is -3.81. The van der Waals surface area contributed by atoms with Crippen molar-refractivity contribution < 1.29 is 27.9 Å². The molecule has 1 aliphatic rings. The van der Waals surface area contributed by atoms with Crippen molar-refractivity contribution in [3.8, 4) is 0 Å². The van der Waals surface area contributed by atoms with Crippen molar-refractivity contribution in [2.24, 2.45) is 5.92 Å². The second kappa shape index (κ2) is 12.4. The standard InChI is InChI=1S/C30H30BrF3N6O3/c1-16-26(38-29(43)23-14-25(30(32,33)34)37-24-10-9-21(31)13-22(23)24)17(2)40(39-16)15-18-3-5-19(6-4-18)27(41)35-11-12-36-28(42)20-7-8-20/h3-6,9-10,13-14,20,28,36,42H,7-8,11-12,15H2,1-2H3,(H,35,41)(H,38,43). The van der Waals surface area contributed by atoms with Gasteiger partial charge in [-0.3, -0.25) is 19.6 Å². The topological polar surface area (TPSA) is 121 Å². The number of pyridine rings is 1. The third-order valence-electron chi connectivity index (χ3n) is 7.31. The van der Waals surface area contributed by atoms with Crippen LogP contribution in [0.25, 0.3) is 10.9 Å². The molecule has 4 aromatic rings. The van der Waals surface area contributed by atoms with E-state index in [9.17, 15) is 27.9 Å². The molecule has 0 aliphatic heterocycles. The van der Waals surface area contributed by atoms with E-state index in [2.05, 4.69) is 42.0 Å². The van der Waals surface area contributed by atoms with Crippen LogP contribution in [-0.4, -0.2) is 51.0 Å². The fraction of sp³-hybridized carbons (Fsp3) is 0.333. The van der Waals surface area contributed by atoms with Gasteiger partial charge in [0.1, 0.15) is 11.9 Å². The van der Waals surface area contributed by atoms with Crippen molar-refractivity contribution in [3.63, 3.8) is 0 Å². The number of nitrogens with zero attached hydrogens (tertiary/aromatic N) is 3. The highest BCUT2D eigenvalue weighted by Gasteiger charge is 2.34. The molecule has 0 bridgehead atoms. The molecule has 2 amide bonds. The van der Waals surface area contributed by atoms with Crippen LogP contribution >= 0.6 is 15.9 Å². The van der Waals surface area contributed by atoms with Crippen LogP contribution < -0.4 is 16.0 Å². The number of nitrogens with one attached hydrogen (secondary N) is 3. The van der Waals surface area contributed by atoms with Gasteiger partial charge in [0.15, 0.2) is 0 Å². The summed E-state index contributed by atoms with van der Waals surface area (Å²) in [6.45, 7) is 4.66. The lowest BCUT2D eigenvalue weighted by Crippen LogP contribution is -2.38. The molecule has 1 aliphatic carbocycles. The van der Waals surface area contributed by atoms with E-state index in [4.69, 9.17) is 0 Å². The zero-order valence-corrected chi connectivity index (χ0v) is 25.0. The van der Waals surface area contributed by atoms with Crippen LogP contribution in [0.3, 0.4) is 0 Å². The number of hydrogen-bond acceptors (Lipinski definition) is 6. The number of benzene rings is 2. The minimum atomic E-state index is -4.72. The van der Waals surface area contributed by atoms with Gasteiger partial charge in [-0.2, -0.15) is 18.3 Å². The van der Waals surface area contributed by atoms with Gasteiger partial charge in [-0.05, 0) is 74.6 Å². The first-order valence-corrected chi connectivity index (χ1v) is 14.5. The van der Waals surface area contributed by atoms with Crippen LogP contribution in [0.15, 0.2) is 53.0 Å². The minimum absolute atomic E-state index is 0.0495. The number of carbonyl (C=O) groups is 2. The number of aryl methyl sites for hydroxylation is 1. The van der Waals surface area contributed by atoms with Crippen LogP contribution in [0, 0.1) is 19.8 Å². The predicted molar refractivity (Wildman–Crippen MR) is 159 cm³/mol. The molecule has 1 fully saturated rings. The maximum absolute atomic E-state index is 13.5. The smallest absolute Gasteiger partial charge is 0.378 e. The first kappa shape index (κ1) is 30.6. The fourth-order valence-electron chi connectivity index (χ4n) is 4.75. The Bertz CT molecular complexity index is 1670. The summed E-state index contributed by atoms with van der Waals surface area (Å²) in [6, 6.07) is 12.3. The number of aromatic nitrogens is 3. The van der Waals surface area contributed by atoms with Crippen LogP contribution in [0.1, 0.15) is 56.2 Å². The van der Waals surface area contributed by atoms with Crippen LogP contribution in [-0.2, 0) is 12.7 Å². The first-order valence-electron chi connectivity index (χ1n) is 13.7. The number of aliphatic hydroxyl groups is 1. The summed E-state index contributed by atoms with van der Waals surface area (Å²) < 4.78 is 42.9. The van der Waals surface area contributed by atoms with Gasteiger partial charge in [-0.15, -0.1) is 0 Å². The van der Waals surface area contributed by atoms with Gasteiger partial charge >= 0.3 is 6.18 Å². The number of alkyl halides is 3. The summed E-state index contributed by atoms with van der Waals surface area (Å²) in [4.78, 5) is 29.5. The Morgan fingerprint density at radius 1 is 1.07 bits per heavy atom. The molecule has 1 saturated carbocycles. The third kappa shape index (κ3) is 7.23. The number of anilines is 1. The largest absolute Gasteiger partial charge is 0.433 e. The van der Waals surface area contributed by atoms with E-state index in [-0.39, 0.29) is 22.4 Å². The average molecular weight is 660 g/mol. The zero-order valence-electron chi connectivity index (χ0n) is 23.4. The van der Waals surface area contributed by atoms with Gasteiger partial charge < -0.3 is 15.7 Å². The van der Waals surface area contributed by atoms with E-state index < -0.39 is 24.0 Å². The number of amides is 2. The van der Waals surface area contributed by atoms with Crippen molar-refractivity contribution in [1.82, 2.24) is 25.4 Å². The summed E-state index contributed by atoms with van der Waals surface area (Å²) in [6.07, 6.45) is -3.21. The van der Waals surface area contributed by atoms with Gasteiger partial charge in [-0.1, -0.05) is 28.1 Å². The highest BCUT2D eigenvalue weighted by Crippen LogP contribution is 2.33. The summed E-state index contributed by atoms with van der Waals surface area (Å²) >= 11 is 3.31. The SMILES string of the molecule is Cc1nn(Cc2ccc(C(=O)NCCNC(O)C3CC3)cc2)c(C)c1NC(=O)c1cc(C(F)(F)F)nc2ccc(Br)cc12. The Balaban J connectivity index is 1.26. The highest BCUT2D eigenvalue weighted by atomic mass is 79.9. The molecule has 226 valence electrons. The van der Waals surface area contributed by atoms with Crippen molar-refractivity contribution in [1.29, 1.82) is 0 Å². The molecular weight excluding hydrogens is 629 g/mol. The van der Waals surface area contributed by atoms with E-state index in [1.54, 1.807) is 54.9 Å². The number of aliphatic hydroxyl groups excluding tert-OH is 1. The van der Waals surface area contributed by atoms with Gasteiger partial charge in [0.2, 0.25) is 0 Å². The van der Waals surface area contributed by atoms with E-state index in [0.717, 1.165) is 24.5 Å². The van der Waals surface area contributed by atoms with Gasteiger partial charge in [-0.25, -0.2) is 4.98 Å². The number of hydrogen-bond donors (Lipinski definition) is 4. The summed E-state index contributed by atoms with van der Waals surface area (Å²) in [5, 5.41) is 23.2. The van der Waals surface area contributed by atoms with Crippen LogP contribution in [0.4, 0.5) is 18.9 Å². The van der Waals surface area contributed by atoms with E-state index >= 15 is 0 Å². The summed E-state index contributed by atoms with van der Waals surface area (Å²) in [7, 11) is 0. The van der Waals surface area contributed by atoms with E-state index in [1.807, 2.05) is 0 Å². The molecule has 13 heteroatoms. The molecule has 2 aromatic carbocycles. The van der Waals surface area contributed by atoms with Gasteiger partial charge in [0, 0.05) is 28.5 Å². The molecule has 2 aromatic heterocycles. The van der Waals surface area contributed by atoms with Crippen molar-refractivity contribution >= 4 is 44.3 Å². The summed E-state index contributed by atoms with van der Waals surface area (Å²) in [5.74, 6) is -0.627. The Morgan fingerprint density at radius 2 is 1.79 bits per heavy atom. The number of fused-ring (bicyclic) bond motifs is 1. The zero-order chi connectivity index (χ0) is 30.9. The molecule has 43 heavy (non-hydrogen) atoms. The first-order chi connectivity index (χ1) is 20.4. The highest BCUT2D eigenvalue weighted by molar-refractivity contribution is 9.10. The molecule has 4 N–H and O–H groups in total. The number of rotatable bonds is 10. The number of carbonyl (C=O) groups excluding carboxylic acids is 2. The Kier molecular flexibility index (Phi) is 8.86. The maximum Gasteiger partial charge on any atom is 0.433 e. The molecule has 1 unspecified atom stereocenters. The van der Waals surface area contributed by atoms with E-state index in [1.165, 1.54) is 6.07 Å². The Labute approximate surface area is 254 Å². The predicted octanol–water partition coefficient (Wildman–Crippen LogP) is 5.18. The maximum atomic E-state index is 13.5. The quantitative estimate of drug-likeness (QED) is 0.138. The Morgan fingerprint density at radius 3 is 2.47 bits per heavy atom. The molecule has 9 nitrogen and oxygen atoms in total. The summed E-state index contributed by atoms with van der Waals surface area (Å²) in [5.41, 5.74) is 1.59. The van der Waals surface area contributed by atoms with Crippen molar-refractivity contribution in [3.05, 3.63) is 86.8 Å². The minimum Gasteiger partial charge on any atom is -0.378 e. The lowest BCUT2D eigenvalue weighted by molar-refractivity contribution is -0.141. The molecule has 0 radical (unpaired) electrons. The molecule has 0 saturated heterocycles. The van der Waals surface area contributed by atoms with E-state index in [0.29, 0.717) is 52.7 Å². The lowest BCUT2D eigenvalue weighted by atomic mass is 10.1. The second-order valence-corrected chi connectivity index (χ2v) is 11.5. The third-order valence-corrected chi connectivity index (χ3v) is 7.80. The molecule has 5 rings (SSSR count). The lowest BCUT2D eigenvalue weighted by Gasteiger charge is -2.13. The fourth-order valence-corrected chi connectivity index (χ4v) is 5.12. The molecule has 1 atom stereocenters. The van der Waals surface area contributed by atoms with Crippen molar-refractivity contribution in [2.75, 3.05) is 18.4 Å².